The zero-order chi connectivity index (χ0) is 18.6. The van der Waals surface area contributed by atoms with Crippen LogP contribution in [0.4, 0.5) is 0 Å². The Kier molecular flexibility index (Phi) is 5.32. The fourth-order valence-electron chi connectivity index (χ4n) is 3.72. The summed E-state index contributed by atoms with van der Waals surface area (Å²) in [6.07, 6.45) is 4.78. The van der Waals surface area contributed by atoms with E-state index in [9.17, 15) is 4.79 Å². The molecule has 140 valence electrons. The largest absolute Gasteiger partial charge is 0.423 e. The quantitative estimate of drug-likeness (QED) is 0.653. The summed E-state index contributed by atoms with van der Waals surface area (Å²) in [5.74, 6) is 0. The van der Waals surface area contributed by atoms with Crippen molar-refractivity contribution in [1.29, 1.82) is 0 Å². The molecule has 0 aliphatic carbocycles. The lowest BCUT2D eigenvalue weighted by atomic mass is 10.1. The second-order valence-electron chi connectivity index (χ2n) is 7.31. The molecule has 3 heterocycles. The first kappa shape index (κ1) is 17.9. The summed E-state index contributed by atoms with van der Waals surface area (Å²) >= 11 is 0. The molecule has 0 atom stereocenters. The van der Waals surface area contributed by atoms with Crippen LogP contribution in [0.15, 0.2) is 58.0 Å². The van der Waals surface area contributed by atoms with Gasteiger partial charge in [-0.3, -0.25) is 9.88 Å². The fourth-order valence-corrected chi connectivity index (χ4v) is 3.72. The molecule has 1 saturated heterocycles. The lowest BCUT2D eigenvalue weighted by molar-refractivity contribution is 0.128. The van der Waals surface area contributed by atoms with Crippen LogP contribution in [-0.2, 0) is 13.0 Å². The molecule has 5 nitrogen and oxygen atoms in total. The molecule has 3 aromatic rings. The van der Waals surface area contributed by atoms with E-state index in [1.165, 1.54) is 5.56 Å². The number of hydrogen-bond donors (Lipinski definition) is 0. The molecule has 1 aliphatic rings. The molecule has 1 aliphatic heterocycles. The smallest absolute Gasteiger partial charge is 0.336 e. The van der Waals surface area contributed by atoms with Crippen LogP contribution in [0.1, 0.15) is 16.7 Å². The van der Waals surface area contributed by atoms with Crippen molar-refractivity contribution in [3.8, 4) is 0 Å². The van der Waals surface area contributed by atoms with Gasteiger partial charge in [0.1, 0.15) is 5.58 Å². The Bertz CT molecular complexity index is 960. The second-order valence-corrected chi connectivity index (χ2v) is 7.31. The Balaban J connectivity index is 1.37. The molecule has 1 aromatic carbocycles. The molecule has 0 amide bonds. The molecular formula is C22H25N3O2. The average Bonchev–Trinajstić information content (AvgIpc) is 2.68. The normalized spacial score (nSPS) is 16.0. The van der Waals surface area contributed by atoms with Gasteiger partial charge in [-0.1, -0.05) is 12.1 Å². The molecule has 4 rings (SSSR count). The minimum Gasteiger partial charge on any atom is -0.423 e. The van der Waals surface area contributed by atoms with Crippen molar-refractivity contribution in [2.24, 2.45) is 0 Å². The minimum absolute atomic E-state index is 0.265. The highest BCUT2D eigenvalue weighted by molar-refractivity contribution is 5.80. The standard InChI is InChI=1S/C22H25N3O2/c1-17-2-3-20-19(15-22(26)27-21(20)14-17)16-25-12-10-24(11-13-25)9-6-18-4-7-23-8-5-18/h2-5,7-8,14-15H,6,9-13,16H2,1H3. The summed E-state index contributed by atoms with van der Waals surface area (Å²) < 4.78 is 5.38. The van der Waals surface area contributed by atoms with Crippen LogP contribution < -0.4 is 5.63 Å². The molecule has 0 bridgehead atoms. The third kappa shape index (κ3) is 4.43. The number of hydrogen-bond acceptors (Lipinski definition) is 5. The number of aryl methyl sites for hydroxylation is 1. The lowest BCUT2D eigenvalue weighted by Crippen LogP contribution is -2.46. The van der Waals surface area contributed by atoms with Crippen molar-refractivity contribution >= 4 is 11.0 Å². The number of rotatable bonds is 5. The van der Waals surface area contributed by atoms with Gasteiger partial charge < -0.3 is 9.32 Å². The highest BCUT2D eigenvalue weighted by Crippen LogP contribution is 2.20. The topological polar surface area (TPSA) is 49.6 Å². The van der Waals surface area contributed by atoms with Crippen molar-refractivity contribution < 1.29 is 4.42 Å². The van der Waals surface area contributed by atoms with E-state index in [1.54, 1.807) is 6.07 Å². The van der Waals surface area contributed by atoms with Gasteiger partial charge in [0.2, 0.25) is 0 Å². The van der Waals surface area contributed by atoms with Crippen LogP contribution >= 0.6 is 0 Å². The third-order valence-electron chi connectivity index (χ3n) is 5.31. The van der Waals surface area contributed by atoms with E-state index in [0.29, 0.717) is 5.58 Å². The molecular weight excluding hydrogens is 338 g/mol. The summed E-state index contributed by atoms with van der Waals surface area (Å²) in [5.41, 5.74) is 3.93. The van der Waals surface area contributed by atoms with Gasteiger partial charge in [0.25, 0.3) is 0 Å². The van der Waals surface area contributed by atoms with Gasteiger partial charge in [-0.05, 0) is 48.2 Å². The molecule has 0 saturated carbocycles. The van der Waals surface area contributed by atoms with E-state index in [1.807, 2.05) is 25.4 Å². The summed E-state index contributed by atoms with van der Waals surface area (Å²) in [6, 6.07) is 11.9. The van der Waals surface area contributed by atoms with Crippen LogP contribution in [0.3, 0.4) is 0 Å². The molecule has 0 radical (unpaired) electrons. The predicted molar refractivity (Wildman–Crippen MR) is 107 cm³/mol. The monoisotopic (exact) mass is 363 g/mol. The lowest BCUT2D eigenvalue weighted by Gasteiger charge is -2.34. The number of aromatic nitrogens is 1. The molecule has 1 fully saturated rings. The number of piperazine rings is 1. The molecule has 27 heavy (non-hydrogen) atoms. The first-order chi connectivity index (χ1) is 13.2. The van der Waals surface area contributed by atoms with Crippen molar-refractivity contribution in [3.63, 3.8) is 0 Å². The van der Waals surface area contributed by atoms with Gasteiger partial charge in [-0.2, -0.15) is 0 Å². The molecule has 0 N–H and O–H groups in total. The first-order valence-electron chi connectivity index (χ1n) is 9.54. The van der Waals surface area contributed by atoms with Gasteiger partial charge in [0.05, 0.1) is 0 Å². The number of pyridine rings is 1. The van der Waals surface area contributed by atoms with Gasteiger partial charge in [-0.25, -0.2) is 4.79 Å². The van der Waals surface area contributed by atoms with Crippen molar-refractivity contribution in [3.05, 3.63) is 75.9 Å². The Morgan fingerprint density at radius 1 is 1.00 bits per heavy atom. The maximum atomic E-state index is 11.9. The SMILES string of the molecule is Cc1ccc2c(CN3CCN(CCc4ccncc4)CC3)cc(=O)oc2c1. The predicted octanol–water partition coefficient (Wildman–Crippen LogP) is 2.86. The van der Waals surface area contributed by atoms with Gasteiger partial charge in [0, 0.05) is 63.1 Å². The molecule has 0 spiro atoms. The second kappa shape index (κ2) is 8.03. The van der Waals surface area contributed by atoms with Crippen LogP contribution in [0, 0.1) is 6.92 Å². The van der Waals surface area contributed by atoms with Crippen LogP contribution in [0.5, 0.6) is 0 Å². The number of fused-ring (bicyclic) bond motifs is 1. The highest BCUT2D eigenvalue weighted by atomic mass is 16.4. The number of benzene rings is 1. The van der Waals surface area contributed by atoms with Crippen LogP contribution in [0.2, 0.25) is 0 Å². The Labute approximate surface area is 159 Å². The Hall–Kier alpha value is -2.50. The van der Waals surface area contributed by atoms with Gasteiger partial charge in [0.15, 0.2) is 0 Å². The van der Waals surface area contributed by atoms with E-state index in [0.717, 1.165) is 62.2 Å². The van der Waals surface area contributed by atoms with Crippen molar-refractivity contribution in [2.45, 2.75) is 19.9 Å². The maximum absolute atomic E-state index is 11.9. The molecule has 0 unspecified atom stereocenters. The van der Waals surface area contributed by atoms with Gasteiger partial charge >= 0.3 is 5.63 Å². The minimum atomic E-state index is -0.265. The summed E-state index contributed by atoms with van der Waals surface area (Å²) in [7, 11) is 0. The van der Waals surface area contributed by atoms with E-state index in [-0.39, 0.29) is 5.63 Å². The Morgan fingerprint density at radius 3 is 2.52 bits per heavy atom. The number of nitrogens with zero attached hydrogens (tertiary/aromatic N) is 3. The van der Waals surface area contributed by atoms with E-state index >= 15 is 0 Å². The third-order valence-corrected chi connectivity index (χ3v) is 5.31. The summed E-state index contributed by atoms with van der Waals surface area (Å²) in [5, 5.41) is 1.04. The van der Waals surface area contributed by atoms with E-state index in [2.05, 4.69) is 39.0 Å². The Morgan fingerprint density at radius 2 is 1.74 bits per heavy atom. The van der Waals surface area contributed by atoms with Crippen molar-refractivity contribution in [1.82, 2.24) is 14.8 Å². The van der Waals surface area contributed by atoms with Gasteiger partial charge in [-0.15, -0.1) is 0 Å². The highest BCUT2D eigenvalue weighted by Gasteiger charge is 2.18. The van der Waals surface area contributed by atoms with E-state index < -0.39 is 0 Å². The van der Waals surface area contributed by atoms with Crippen LogP contribution in [0.25, 0.3) is 11.0 Å². The molecule has 2 aromatic heterocycles. The van der Waals surface area contributed by atoms with E-state index in [4.69, 9.17) is 4.42 Å². The van der Waals surface area contributed by atoms with Crippen molar-refractivity contribution in [2.75, 3.05) is 32.7 Å². The average molecular weight is 363 g/mol. The summed E-state index contributed by atoms with van der Waals surface area (Å²) in [4.78, 5) is 20.9. The molecule has 5 heteroatoms. The first-order valence-corrected chi connectivity index (χ1v) is 9.54. The zero-order valence-electron chi connectivity index (χ0n) is 15.7. The maximum Gasteiger partial charge on any atom is 0.336 e. The van der Waals surface area contributed by atoms with Crippen LogP contribution in [-0.4, -0.2) is 47.5 Å². The zero-order valence-corrected chi connectivity index (χ0v) is 15.7. The summed E-state index contributed by atoms with van der Waals surface area (Å²) in [6.45, 7) is 8.04. The fraction of sp³-hybridized carbons (Fsp3) is 0.364.